The lowest BCUT2D eigenvalue weighted by Crippen LogP contribution is -2.03. The van der Waals surface area contributed by atoms with Crippen LogP contribution in [0.3, 0.4) is 0 Å². The van der Waals surface area contributed by atoms with Crippen LogP contribution in [0.1, 0.15) is 11.6 Å². The number of aromatic nitrogens is 5. The summed E-state index contributed by atoms with van der Waals surface area (Å²) in [5.41, 5.74) is 0. The second kappa shape index (κ2) is 3.13. The van der Waals surface area contributed by atoms with Gasteiger partial charge < -0.3 is 0 Å². The fourth-order valence-electron chi connectivity index (χ4n) is 1.18. The van der Waals surface area contributed by atoms with Gasteiger partial charge in [0.05, 0.1) is 0 Å². The number of rotatable bonds is 1. The van der Waals surface area contributed by atoms with Crippen molar-refractivity contribution in [2.45, 2.75) is 13.8 Å². The average molecular weight is 193 g/mol. The van der Waals surface area contributed by atoms with Crippen molar-refractivity contribution in [1.82, 2.24) is 24.7 Å². The molecule has 0 aromatic carbocycles. The van der Waals surface area contributed by atoms with E-state index in [4.69, 9.17) is 0 Å². The van der Waals surface area contributed by atoms with E-state index in [2.05, 4.69) is 20.1 Å². The molecular formula is C8H8FN5. The van der Waals surface area contributed by atoms with E-state index in [0.717, 1.165) is 6.33 Å². The molecule has 0 radical (unpaired) electrons. The first-order chi connectivity index (χ1) is 6.66. The van der Waals surface area contributed by atoms with Crippen molar-refractivity contribution in [2.75, 3.05) is 0 Å². The van der Waals surface area contributed by atoms with E-state index in [-0.39, 0.29) is 0 Å². The molecule has 0 atom stereocenters. The van der Waals surface area contributed by atoms with Crippen molar-refractivity contribution in [3.63, 3.8) is 0 Å². The maximum Gasteiger partial charge on any atom is 0.218 e. The Kier molecular flexibility index (Phi) is 1.95. The van der Waals surface area contributed by atoms with E-state index in [1.807, 2.05) is 0 Å². The van der Waals surface area contributed by atoms with Gasteiger partial charge in [-0.2, -0.15) is 9.07 Å². The smallest absolute Gasteiger partial charge is 0.217 e. The summed E-state index contributed by atoms with van der Waals surface area (Å²) in [6.45, 7) is 3.54. The molecular weight excluding hydrogens is 185 g/mol. The second-order valence-corrected chi connectivity index (χ2v) is 2.82. The van der Waals surface area contributed by atoms with Gasteiger partial charge in [-0.05, 0) is 13.8 Å². The third-order valence-electron chi connectivity index (χ3n) is 1.71. The van der Waals surface area contributed by atoms with E-state index in [1.165, 1.54) is 10.7 Å². The minimum absolute atomic E-state index is 0.385. The summed E-state index contributed by atoms with van der Waals surface area (Å²) >= 11 is 0. The SMILES string of the molecule is Cc1nc(C)n(-c2cc(F)ncn2)n1. The lowest BCUT2D eigenvalue weighted by atomic mass is 10.5. The Labute approximate surface area is 79.7 Å². The van der Waals surface area contributed by atoms with Crippen molar-refractivity contribution in [3.8, 4) is 5.82 Å². The molecule has 14 heavy (non-hydrogen) atoms. The first kappa shape index (κ1) is 8.74. The van der Waals surface area contributed by atoms with Crippen molar-refractivity contribution >= 4 is 0 Å². The highest BCUT2D eigenvalue weighted by Crippen LogP contribution is 2.05. The van der Waals surface area contributed by atoms with Crippen LogP contribution in [0.15, 0.2) is 12.4 Å². The normalized spacial score (nSPS) is 10.5. The highest BCUT2D eigenvalue weighted by Gasteiger charge is 2.06. The second-order valence-electron chi connectivity index (χ2n) is 2.82. The van der Waals surface area contributed by atoms with Gasteiger partial charge in [0.2, 0.25) is 5.95 Å². The van der Waals surface area contributed by atoms with Gasteiger partial charge in [0.15, 0.2) is 5.82 Å². The van der Waals surface area contributed by atoms with Gasteiger partial charge in [0.25, 0.3) is 0 Å². The molecule has 0 aliphatic carbocycles. The molecule has 0 aliphatic heterocycles. The van der Waals surface area contributed by atoms with Crippen LogP contribution in [0.2, 0.25) is 0 Å². The summed E-state index contributed by atoms with van der Waals surface area (Å²) < 4.78 is 14.3. The zero-order valence-electron chi connectivity index (χ0n) is 7.77. The Morgan fingerprint density at radius 1 is 1.29 bits per heavy atom. The molecule has 6 heteroatoms. The Bertz CT molecular complexity index is 465. The molecule has 2 heterocycles. The highest BCUT2D eigenvalue weighted by molar-refractivity contribution is 5.19. The average Bonchev–Trinajstić information content (AvgIpc) is 2.45. The summed E-state index contributed by atoms with van der Waals surface area (Å²) in [6, 6.07) is 1.21. The monoisotopic (exact) mass is 193 g/mol. The van der Waals surface area contributed by atoms with E-state index < -0.39 is 5.95 Å². The number of hydrogen-bond acceptors (Lipinski definition) is 4. The van der Waals surface area contributed by atoms with Gasteiger partial charge in [-0.1, -0.05) is 0 Å². The van der Waals surface area contributed by atoms with Crippen molar-refractivity contribution < 1.29 is 4.39 Å². The molecule has 72 valence electrons. The lowest BCUT2D eigenvalue weighted by molar-refractivity contribution is 0.575. The number of aryl methyl sites for hydroxylation is 2. The predicted molar refractivity (Wildman–Crippen MR) is 46.4 cm³/mol. The zero-order valence-corrected chi connectivity index (χ0v) is 7.77. The molecule has 0 saturated carbocycles. The molecule has 0 fully saturated rings. The fourth-order valence-corrected chi connectivity index (χ4v) is 1.18. The van der Waals surface area contributed by atoms with Gasteiger partial charge in [0.1, 0.15) is 18.0 Å². The van der Waals surface area contributed by atoms with Crippen molar-refractivity contribution in [3.05, 3.63) is 30.0 Å². The van der Waals surface area contributed by atoms with Gasteiger partial charge >= 0.3 is 0 Å². The van der Waals surface area contributed by atoms with Gasteiger partial charge in [-0.15, -0.1) is 5.10 Å². The Balaban J connectivity index is 2.54. The van der Waals surface area contributed by atoms with Crippen molar-refractivity contribution in [1.29, 1.82) is 0 Å². The van der Waals surface area contributed by atoms with Gasteiger partial charge in [-0.25, -0.2) is 15.0 Å². The maximum atomic E-state index is 12.8. The molecule has 0 amide bonds. The predicted octanol–water partition coefficient (Wildman–Crippen LogP) is 0.813. The first-order valence-corrected chi connectivity index (χ1v) is 4.05. The largest absolute Gasteiger partial charge is 0.218 e. The van der Waals surface area contributed by atoms with Crippen molar-refractivity contribution in [2.24, 2.45) is 0 Å². The molecule has 2 aromatic rings. The molecule has 0 N–H and O–H groups in total. The van der Waals surface area contributed by atoms with Crippen LogP contribution in [-0.4, -0.2) is 24.7 Å². The standard InChI is InChI=1S/C8H8FN5/c1-5-12-6(2)14(13-5)8-3-7(9)10-4-11-8/h3-4H,1-2H3. The number of nitrogens with zero attached hydrogens (tertiary/aromatic N) is 5. The minimum Gasteiger partial charge on any atom is -0.217 e. The first-order valence-electron chi connectivity index (χ1n) is 4.05. The zero-order chi connectivity index (χ0) is 10.1. The minimum atomic E-state index is -0.581. The fraction of sp³-hybridized carbons (Fsp3) is 0.250. The number of hydrogen-bond donors (Lipinski definition) is 0. The summed E-state index contributed by atoms with van der Waals surface area (Å²) in [4.78, 5) is 11.3. The van der Waals surface area contributed by atoms with Crippen LogP contribution in [-0.2, 0) is 0 Å². The highest BCUT2D eigenvalue weighted by atomic mass is 19.1. The van der Waals surface area contributed by atoms with Crippen LogP contribution in [0.5, 0.6) is 0 Å². The molecule has 0 spiro atoms. The molecule has 0 aliphatic rings. The van der Waals surface area contributed by atoms with Crippen LogP contribution in [0, 0.1) is 19.8 Å². The number of halogens is 1. The van der Waals surface area contributed by atoms with Crippen LogP contribution >= 0.6 is 0 Å². The van der Waals surface area contributed by atoms with Crippen LogP contribution in [0.25, 0.3) is 5.82 Å². The molecule has 5 nitrogen and oxygen atoms in total. The van der Waals surface area contributed by atoms with Crippen LogP contribution in [0.4, 0.5) is 4.39 Å². The van der Waals surface area contributed by atoms with E-state index in [9.17, 15) is 4.39 Å². The summed E-state index contributed by atoms with van der Waals surface area (Å²) in [5.74, 6) is 1.10. The third-order valence-corrected chi connectivity index (χ3v) is 1.71. The molecule has 0 saturated heterocycles. The molecule has 2 aromatic heterocycles. The van der Waals surface area contributed by atoms with E-state index >= 15 is 0 Å². The topological polar surface area (TPSA) is 56.5 Å². The van der Waals surface area contributed by atoms with Gasteiger partial charge in [-0.3, -0.25) is 0 Å². The lowest BCUT2D eigenvalue weighted by Gasteiger charge is -1.99. The maximum absolute atomic E-state index is 12.8. The summed E-state index contributed by atoms with van der Waals surface area (Å²) in [6.07, 6.45) is 1.15. The molecule has 0 bridgehead atoms. The van der Waals surface area contributed by atoms with E-state index in [0.29, 0.717) is 17.5 Å². The van der Waals surface area contributed by atoms with Crippen LogP contribution < -0.4 is 0 Å². The summed E-state index contributed by atoms with van der Waals surface area (Å²) in [7, 11) is 0. The van der Waals surface area contributed by atoms with E-state index in [1.54, 1.807) is 13.8 Å². The Morgan fingerprint density at radius 3 is 2.64 bits per heavy atom. The quantitative estimate of drug-likeness (QED) is 0.629. The Morgan fingerprint density at radius 2 is 2.07 bits per heavy atom. The molecule has 2 rings (SSSR count). The Hall–Kier alpha value is -1.85. The summed E-state index contributed by atoms with van der Waals surface area (Å²) in [5, 5.41) is 4.07. The van der Waals surface area contributed by atoms with Gasteiger partial charge in [0, 0.05) is 6.07 Å². The third kappa shape index (κ3) is 1.46. The molecule has 0 unspecified atom stereocenters.